The number of nitrogens with two attached hydrogens (primary N) is 1. The summed E-state index contributed by atoms with van der Waals surface area (Å²) in [7, 11) is 1.33. The normalized spacial score (nSPS) is 12.5. The molecule has 0 spiro atoms. The number of benzene rings is 2. The Kier molecular flexibility index (Phi) is 7.61. The van der Waals surface area contributed by atoms with Gasteiger partial charge < -0.3 is 15.8 Å². The van der Waals surface area contributed by atoms with Crippen LogP contribution in [0.25, 0.3) is 0 Å². The van der Waals surface area contributed by atoms with Gasteiger partial charge in [0.1, 0.15) is 0 Å². The highest BCUT2D eigenvalue weighted by atomic mass is 35.5. The summed E-state index contributed by atoms with van der Waals surface area (Å²) in [5.41, 5.74) is 8.84. The Bertz CT molecular complexity index is 735. The number of methoxy groups -OCH3 is 1. The molecule has 0 saturated heterocycles. The molecule has 0 aromatic heterocycles. The molecule has 6 heteroatoms. The highest BCUT2D eigenvalue weighted by Gasteiger charge is 2.22. The summed E-state index contributed by atoms with van der Waals surface area (Å²) in [5.74, 6) is -1.06. The number of amides is 1. The number of halogens is 1. The number of ether oxygens (including phenoxy) is 1. The van der Waals surface area contributed by atoms with E-state index < -0.39 is 17.9 Å². The van der Waals surface area contributed by atoms with Crippen molar-refractivity contribution in [3.05, 3.63) is 65.2 Å². The molecule has 2 unspecified atom stereocenters. The molecule has 2 aromatic carbocycles. The monoisotopic (exact) mass is 362 g/mol. The van der Waals surface area contributed by atoms with Crippen LogP contribution in [-0.4, -0.2) is 19.0 Å². The van der Waals surface area contributed by atoms with Crippen LogP contribution in [0.5, 0.6) is 0 Å². The van der Waals surface area contributed by atoms with Gasteiger partial charge in [-0.15, -0.1) is 12.4 Å². The van der Waals surface area contributed by atoms with Crippen LogP contribution < -0.4 is 11.1 Å². The third-order valence-electron chi connectivity index (χ3n) is 4.05. The molecule has 0 aliphatic rings. The molecule has 5 nitrogen and oxygen atoms in total. The lowest BCUT2D eigenvalue weighted by molar-refractivity contribution is -0.120. The van der Waals surface area contributed by atoms with Crippen LogP contribution in [0.15, 0.2) is 48.5 Å². The summed E-state index contributed by atoms with van der Waals surface area (Å²) in [4.78, 5) is 24.2. The zero-order valence-corrected chi connectivity index (χ0v) is 15.3. The van der Waals surface area contributed by atoms with Crippen LogP contribution in [0.2, 0.25) is 0 Å². The van der Waals surface area contributed by atoms with Crippen LogP contribution in [-0.2, 0) is 9.53 Å². The predicted molar refractivity (Wildman–Crippen MR) is 101 cm³/mol. The molecule has 0 fully saturated rings. The lowest BCUT2D eigenvalue weighted by Gasteiger charge is -2.20. The van der Waals surface area contributed by atoms with E-state index in [1.165, 1.54) is 7.11 Å². The van der Waals surface area contributed by atoms with Crippen LogP contribution in [0.3, 0.4) is 0 Å². The van der Waals surface area contributed by atoms with Crippen molar-refractivity contribution in [1.82, 2.24) is 0 Å². The van der Waals surface area contributed by atoms with Crippen LogP contribution in [0.1, 0.15) is 34.5 Å². The van der Waals surface area contributed by atoms with Crippen molar-refractivity contribution in [2.45, 2.75) is 19.9 Å². The number of carbonyl (C=O) groups excluding carboxylic acids is 2. The molecule has 25 heavy (non-hydrogen) atoms. The van der Waals surface area contributed by atoms with E-state index in [-0.39, 0.29) is 18.3 Å². The second-order valence-corrected chi connectivity index (χ2v) is 5.74. The van der Waals surface area contributed by atoms with E-state index in [9.17, 15) is 9.59 Å². The summed E-state index contributed by atoms with van der Waals surface area (Å²) in [5, 5.41) is 2.81. The third kappa shape index (κ3) is 5.05. The zero-order chi connectivity index (χ0) is 17.7. The smallest absolute Gasteiger partial charge is 0.338 e. The summed E-state index contributed by atoms with van der Waals surface area (Å²) >= 11 is 0. The number of rotatable bonds is 5. The number of hydrogen-bond acceptors (Lipinski definition) is 4. The standard InChI is InChI=1S/C19H22N2O3.ClH/c1-12-9-10-15(11-16(12)19(23)24-3)21-18(22)13(2)17(20)14-7-5-4-6-8-14;/h4-11,13,17H,20H2,1-3H3,(H,21,22);1H. The van der Waals surface area contributed by atoms with E-state index in [1.807, 2.05) is 37.3 Å². The molecule has 2 aromatic rings. The Balaban J connectivity index is 0.00000312. The zero-order valence-electron chi connectivity index (χ0n) is 14.5. The number of carbonyl (C=O) groups is 2. The Morgan fingerprint density at radius 3 is 2.36 bits per heavy atom. The predicted octanol–water partition coefficient (Wildman–Crippen LogP) is 3.48. The Labute approximate surface area is 154 Å². The summed E-state index contributed by atoms with van der Waals surface area (Å²) in [6.45, 7) is 3.59. The molecule has 0 saturated carbocycles. The molecule has 134 valence electrons. The lowest BCUT2D eigenvalue weighted by Crippen LogP contribution is -2.30. The first-order valence-electron chi connectivity index (χ1n) is 7.74. The highest BCUT2D eigenvalue weighted by Crippen LogP contribution is 2.22. The first kappa shape index (κ1) is 20.7. The van der Waals surface area contributed by atoms with E-state index in [0.29, 0.717) is 11.3 Å². The Morgan fingerprint density at radius 2 is 1.76 bits per heavy atom. The fourth-order valence-corrected chi connectivity index (χ4v) is 2.41. The van der Waals surface area contributed by atoms with Gasteiger partial charge in [-0.1, -0.05) is 43.3 Å². The molecule has 0 aliphatic heterocycles. The van der Waals surface area contributed by atoms with Gasteiger partial charge in [-0.05, 0) is 30.2 Å². The van der Waals surface area contributed by atoms with Gasteiger partial charge in [0, 0.05) is 11.7 Å². The van der Waals surface area contributed by atoms with Gasteiger partial charge in [-0.2, -0.15) is 0 Å². The third-order valence-corrected chi connectivity index (χ3v) is 4.05. The van der Waals surface area contributed by atoms with Gasteiger partial charge in [0.2, 0.25) is 5.91 Å². The molecule has 3 N–H and O–H groups in total. The van der Waals surface area contributed by atoms with Crippen molar-refractivity contribution >= 4 is 30.0 Å². The summed E-state index contributed by atoms with van der Waals surface area (Å²) in [6, 6.07) is 14.2. The number of hydrogen-bond donors (Lipinski definition) is 2. The number of aryl methyl sites for hydroxylation is 1. The second kappa shape index (κ2) is 9.20. The Morgan fingerprint density at radius 1 is 1.12 bits per heavy atom. The van der Waals surface area contributed by atoms with E-state index in [0.717, 1.165) is 11.1 Å². The molecule has 1 amide bonds. The molecule has 0 bridgehead atoms. The maximum atomic E-state index is 12.5. The van der Waals surface area contributed by atoms with Crippen LogP contribution >= 0.6 is 12.4 Å². The van der Waals surface area contributed by atoms with Crippen molar-refractivity contribution in [3.8, 4) is 0 Å². The van der Waals surface area contributed by atoms with Crippen LogP contribution in [0.4, 0.5) is 5.69 Å². The Hall–Kier alpha value is -2.37. The lowest BCUT2D eigenvalue weighted by atomic mass is 9.94. The number of esters is 1. The molecule has 2 rings (SSSR count). The van der Waals surface area contributed by atoms with Gasteiger partial charge in [-0.25, -0.2) is 4.79 Å². The topological polar surface area (TPSA) is 81.4 Å². The number of nitrogens with one attached hydrogen (secondary N) is 1. The molecule has 0 aliphatic carbocycles. The fourth-order valence-electron chi connectivity index (χ4n) is 2.41. The first-order valence-corrected chi connectivity index (χ1v) is 7.74. The van der Waals surface area contributed by atoms with Crippen molar-refractivity contribution in [2.24, 2.45) is 11.7 Å². The van der Waals surface area contributed by atoms with E-state index in [4.69, 9.17) is 10.5 Å². The molecular formula is C19H23ClN2O3. The summed E-state index contributed by atoms with van der Waals surface area (Å²) in [6.07, 6.45) is 0. The molecule has 0 heterocycles. The van der Waals surface area contributed by atoms with E-state index in [1.54, 1.807) is 25.1 Å². The molecule has 2 atom stereocenters. The maximum Gasteiger partial charge on any atom is 0.338 e. The maximum absolute atomic E-state index is 12.5. The quantitative estimate of drug-likeness (QED) is 0.798. The molecule has 0 radical (unpaired) electrons. The van der Waals surface area contributed by atoms with Gasteiger partial charge in [0.15, 0.2) is 0 Å². The van der Waals surface area contributed by atoms with Gasteiger partial charge >= 0.3 is 5.97 Å². The minimum atomic E-state index is -0.433. The van der Waals surface area contributed by atoms with Gasteiger partial charge in [0.25, 0.3) is 0 Å². The van der Waals surface area contributed by atoms with Crippen LogP contribution in [0, 0.1) is 12.8 Å². The minimum Gasteiger partial charge on any atom is -0.465 e. The van der Waals surface area contributed by atoms with Gasteiger partial charge in [0.05, 0.1) is 18.6 Å². The van der Waals surface area contributed by atoms with Crippen molar-refractivity contribution < 1.29 is 14.3 Å². The van der Waals surface area contributed by atoms with Crippen molar-refractivity contribution in [3.63, 3.8) is 0 Å². The first-order chi connectivity index (χ1) is 11.4. The second-order valence-electron chi connectivity index (χ2n) is 5.74. The average Bonchev–Trinajstić information content (AvgIpc) is 2.62. The SMILES string of the molecule is COC(=O)c1cc(NC(=O)C(C)C(N)c2ccccc2)ccc1C.Cl. The minimum absolute atomic E-state index is 0. The molecular weight excluding hydrogens is 340 g/mol. The summed E-state index contributed by atoms with van der Waals surface area (Å²) < 4.78 is 4.75. The number of anilines is 1. The van der Waals surface area contributed by atoms with Crippen molar-refractivity contribution in [1.29, 1.82) is 0 Å². The fraction of sp³-hybridized carbons (Fsp3) is 0.263. The van der Waals surface area contributed by atoms with E-state index >= 15 is 0 Å². The highest BCUT2D eigenvalue weighted by molar-refractivity contribution is 5.96. The van der Waals surface area contributed by atoms with Gasteiger partial charge in [-0.3, -0.25) is 4.79 Å². The average molecular weight is 363 g/mol. The van der Waals surface area contributed by atoms with E-state index in [2.05, 4.69) is 5.32 Å². The largest absolute Gasteiger partial charge is 0.465 e. The van der Waals surface area contributed by atoms with Crippen molar-refractivity contribution in [2.75, 3.05) is 12.4 Å².